The van der Waals surface area contributed by atoms with E-state index < -0.39 is 0 Å². The van der Waals surface area contributed by atoms with E-state index in [2.05, 4.69) is 16.5 Å². The molecule has 1 aliphatic rings. The second kappa shape index (κ2) is 3.39. The fourth-order valence-electron chi connectivity index (χ4n) is 2.09. The molecular weight excluding hydrogens is 174 g/mol. The van der Waals surface area contributed by atoms with Crippen molar-refractivity contribution in [3.05, 3.63) is 18.2 Å². The second-order valence-corrected chi connectivity index (χ2v) is 4.61. The van der Waals surface area contributed by atoms with E-state index in [0.717, 1.165) is 6.42 Å². The molecule has 1 fully saturated rings. The SMILES string of the molecule is CC(N)C1(CCc2nccn2C)CC1. The number of hydrogen-bond acceptors (Lipinski definition) is 2. The topological polar surface area (TPSA) is 43.8 Å². The van der Waals surface area contributed by atoms with Crippen LogP contribution in [0.25, 0.3) is 0 Å². The van der Waals surface area contributed by atoms with Crippen molar-refractivity contribution in [2.45, 2.75) is 38.6 Å². The molecule has 1 atom stereocenters. The van der Waals surface area contributed by atoms with Gasteiger partial charge in [0.1, 0.15) is 5.82 Å². The predicted molar refractivity (Wildman–Crippen MR) is 56.8 cm³/mol. The maximum absolute atomic E-state index is 5.98. The zero-order valence-corrected chi connectivity index (χ0v) is 9.03. The minimum absolute atomic E-state index is 0.336. The van der Waals surface area contributed by atoms with Crippen molar-refractivity contribution in [3.63, 3.8) is 0 Å². The molecule has 1 aliphatic carbocycles. The normalized spacial score (nSPS) is 20.8. The van der Waals surface area contributed by atoms with Crippen LogP contribution in [0.5, 0.6) is 0 Å². The summed E-state index contributed by atoms with van der Waals surface area (Å²) in [5.41, 5.74) is 6.42. The molecule has 0 bridgehead atoms. The van der Waals surface area contributed by atoms with Gasteiger partial charge in [-0.1, -0.05) is 0 Å². The molecule has 1 aromatic heterocycles. The Balaban J connectivity index is 1.92. The lowest BCUT2D eigenvalue weighted by molar-refractivity contribution is 0.385. The smallest absolute Gasteiger partial charge is 0.108 e. The Morgan fingerprint density at radius 2 is 2.36 bits per heavy atom. The minimum Gasteiger partial charge on any atom is -0.338 e. The average Bonchev–Trinajstić information content (AvgIpc) is 2.83. The fourth-order valence-corrected chi connectivity index (χ4v) is 2.09. The third-order valence-electron chi connectivity index (χ3n) is 3.63. The Bertz CT molecular complexity index is 310. The van der Waals surface area contributed by atoms with Crippen LogP contribution < -0.4 is 5.73 Å². The summed E-state index contributed by atoms with van der Waals surface area (Å²) in [6.07, 6.45) is 8.71. The first-order chi connectivity index (χ1) is 6.64. The van der Waals surface area contributed by atoms with E-state index in [0.29, 0.717) is 11.5 Å². The first-order valence-corrected chi connectivity index (χ1v) is 5.36. The van der Waals surface area contributed by atoms with Crippen LogP contribution in [0.3, 0.4) is 0 Å². The van der Waals surface area contributed by atoms with Gasteiger partial charge in [-0.15, -0.1) is 0 Å². The minimum atomic E-state index is 0.336. The molecule has 0 saturated heterocycles. The molecular formula is C11H19N3. The van der Waals surface area contributed by atoms with Crippen LogP contribution in [0.1, 0.15) is 32.0 Å². The molecule has 1 aromatic rings. The summed E-state index contributed by atoms with van der Waals surface area (Å²) in [6, 6.07) is 0.336. The van der Waals surface area contributed by atoms with Crippen LogP contribution in [0.4, 0.5) is 0 Å². The molecule has 0 spiro atoms. The van der Waals surface area contributed by atoms with Gasteiger partial charge in [-0.3, -0.25) is 0 Å². The summed E-state index contributed by atoms with van der Waals surface area (Å²) in [5.74, 6) is 1.18. The number of imidazole rings is 1. The maximum atomic E-state index is 5.98. The number of aromatic nitrogens is 2. The highest BCUT2D eigenvalue weighted by Crippen LogP contribution is 2.51. The van der Waals surface area contributed by atoms with Crippen molar-refractivity contribution in [2.24, 2.45) is 18.2 Å². The number of rotatable bonds is 4. The average molecular weight is 193 g/mol. The first kappa shape index (κ1) is 9.71. The molecule has 1 unspecified atom stereocenters. The quantitative estimate of drug-likeness (QED) is 0.787. The highest BCUT2D eigenvalue weighted by molar-refractivity contribution is 5.02. The maximum Gasteiger partial charge on any atom is 0.108 e. The van der Waals surface area contributed by atoms with Crippen LogP contribution in [0, 0.1) is 5.41 Å². The largest absolute Gasteiger partial charge is 0.338 e. The summed E-state index contributed by atoms with van der Waals surface area (Å²) >= 11 is 0. The molecule has 0 aliphatic heterocycles. The van der Waals surface area contributed by atoms with Gasteiger partial charge in [0.15, 0.2) is 0 Å². The second-order valence-electron chi connectivity index (χ2n) is 4.61. The van der Waals surface area contributed by atoms with Gasteiger partial charge in [0, 0.05) is 31.9 Å². The summed E-state index contributed by atoms with van der Waals surface area (Å²) in [5, 5.41) is 0. The number of aryl methyl sites for hydroxylation is 2. The Morgan fingerprint density at radius 1 is 1.64 bits per heavy atom. The van der Waals surface area contributed by atoms with E-state index in [1.807, 2.05) is 19.4 Å². The first-order valence-electron chi connectivity index (χ1n) is 5.36. The molecule has 2 N–H and O–H groups in total. The van der Waals surface area contributed by atoms with Gasteiger partial charge in [-0.2, -0.15) is 0 Å². The summed E-state index contributed by atoms with van der Waals surface area (Å²) < 4.78 is 2.09. The fraction of sp³-hybridized carbons (Fsp3) is 0.727. The Kier molecular flexibility index (Phi) is 2.35. The third kappa shape index (κ3) is 1.69. The molecule has 3 heteroatoms. The lowest BCUT2D eigenvalue weighted by atomic mass is 9.93. The summed E-state index contributed by atoms with van der Waals surface area (Å²) in [6.45, 7) is 2.13. The van der Waals surface area contributed by atoms with E-state index >= 15 is 0 Å². The monoisotopic (exact) mass is 193 g/mol. The highest BCUT2D eigenvalue weighted by atomic mass is 15.0. The predicted octanol–water partition coefficient (Wildman–Crippen LogP) is 1.48. The molecule has 0 amide bonds. The Morgan fingerprint density at radius 3 is 2.79 bits per heavy atom. The Labute approximate surface area is 85.3 Å². The number of nitrogens with zero attached hydrogens (tertiary/aromatic N) is 2. The number of hydrogen-bond donors (Lipinski definition) is 1. The van der Waals surface area contributed by atoms with E-state index in [9.17, 15) is 0 Å². The molecule has 14 heavy (non-hydrogen) atoms. The van der Waals surface area contributed by atoms with E-state index in [4.69, 9.17) is 5.73 Å². The van der Waals surface area contributed by atoms with Crippen LogP contribution in [0.15, 0.2) is 12.4 Å². The van der Waals surface area contributed by atoms with E-state index in [-0.39, 0.29) is 0 Å². The lowest BCUT2D eigenvalue weighted by Crippen LogP contribution is -2.28. The van der Waals surface area contributed by atoms with Crippen molar-refractivity contribution in [3.8, 4) is 0 Å². The van der Waals surface area contributed by atoms with E-state index in [1.54, 1.807) is 0 Å². The standard InChI is InChI=1S/C11H19N3/c1-9(12)11(5-6-11)4-3-10-13-7-8-14(10)2/h7-9H,3-6,12H2,1-2H3. The van der Waals surface area contributed by atoms with Gasteiger partial charge in [0.2, 0.25) is 0 Å². The third-order valence-corrected chi connectivity index (χ3v) is 3.63. The zero-order chi connectivity index (χ0) is 10.2. The molecule has 1 heterocycles. The summed E-state index contributed by atoms with van der Waals surface area (Å²) in [4.78, 5) is 4.33. The van der Waals surface area contributed by atoms with Crippen molar-refractivity contribution >= 4 is 0 Å². The van der Waals surface area contributed by atoms with Crippen LogP contribution in [-0.4, -0.2) is 15.6 Å². The number of nitrogens with two attached hydrogens (primary N) is 1. The van der Waals surface area contributed by atoms with Crippen LogP contribution >= 0.6 is 0 Å². The Hall–Kier alpha value is -0.830. The molecule has 78 valence electrons. The van der Waals surface area contributed by atoms with Gasteiger partial charge in [-0.25, -0.2) is 4.98 Å². The zero-order valence-electron chi connectivity index (χ0n) is 9.03. The van der Waals surface area contributed by atoms with Crippen molar-refractivity contribution < 1.29 is 0 Å². The van der Waals surface area contributed by atoms with Crippen molar-refractivity contribution in [2.75, 3.05) is 0 Å². The molecule has 0 aromatic carbocycles. The van der Waals surface area contributed by atoms with Gasteiger partial charge in [-0.05, 0) is 31.6 Å². The van der Waals surface area contributed by atoms with Crippen molar-refractivity contribution in [1.29, 1.82) is 0 Å². The molecule has 2 rings (SSSR count). The van der Waals surface area contributed by atoms with Crippen LogP contribution in [0.2, 0.25) is 0 Å². The van der Waals surface area contributed by atoms with Gasteiger partial charge in [0.25, 0.3) is 0 Å². The molecule has 1 saturated carbocycles. The molecule has 3 nitrogen and oxygen atoms in total. The van der Waals surface area contributed by atoms with Crippen molar-refractivity contribution in [1.82, 2.24) is 9.55 Å². The van der Waals surface area contributed by atoms with E-state index in [1.165, 1.54) is 25.1 Å². The lowest BCUT2D eigenvalue weighted by Gasteiger charge is -2.18. The van der Waals surface area contributed by atoms with Gasteiger partial charge >= 0.3 is 0 Å². The highest BCUT2D eigenvalue weighted by Gasteiger charge is 2.45. The van der Waals surface area contributed by atoms with Gasteiger partial charge < -0.3 is 10.3 Å². The molecule has 0 radical (unpaired) electrons. The van der Waals surface area contributed by atoms with Gasteiger partial charge in [0.05, 0.1) is 0 Å². The van der Waals surface area contributed by atoms with Crippen LogP contribution in [-0.2, 0) is 13.5 Å². The summed E-state index contributed by atoms with van der Waals surface area (Å²) in [7, 11) is 2.05.